The van der Waals surface area contributed by atoms with Crippen LogP contribution in [0.15, 0.2) is 121 Å². The lowest BCUT2D eigenvalue weighted by atomic mass is 9.99. The Balaban J connectivity index is 0.936. The number of fused-ring (bicyclic) bond motifs is 2. The van der Waals surface area contributed by atoms with Crippen molar-refractivity contribution in [2.75, 3.05) is 22.9 Å². The van der Waals surface area contributed by atoms with E-state index >= 15 is 0 Å². The molecule has 0 spiro atoms. The summed E-state index contributed by atoms with van der Waals surface area (Å²) in [6, 6.07) is 44.3. The zero-order chi connectivity index (χ0) is 28.1. The quantitative estimate of drug-likeness (QED) is 0.197. The van der Waals surface area contributed by atoms with Gasteiger partial charge in [0.1, 0.15) is 0 Å². The van der Waals surface area contributed by atoms with E-state index in [-0.39, 0.29) is 0 Å². The summed E-state index contributed by atoms with van der Waals surface area (Å²) in [5, 5.41) is 0. The number of rotatable bonds is 6. The van der Waals surface area contributed by atoms with Gasteiger partial charge in [-0.05, 0) is 81.6 Å². The van der Waals surface area contributed by atoms with Crippen molar-refractivity contribution in [2.24, 2.45) is 0 Å². The topological polar surface area (TPSA) is 6.48 Å². The molecule has 2 nitrogen and oxygen atoms in total. The van der Waals surface area contributed by atoms with E-state index in [0.29, 0.717) is 0 Å². The minimum absolute atomic E-state index is 0.992. The molecule has 0 aliphatic carbocycles. The van der Waals surface area contributed by atoms with Crippen molar-refractivity contribution >= 4 is 35.7 Å². The lowest BCUT2D eigenvalue weighted by Crippen LogP contribution is -2.30. The Kier molecular flexibility index (Phi) is 7.43. The molecular formula is C40H36N2. The predicted molar refractivity (Wildman–Crippen MR) is 180 cm³/mol. The summed E-state index contributed by atoms with van der Waals surface area (Å²) in [7, 11) is 0. The molecule has 2 aliphatic rings. The van der Waals surface area contributed by atoms with E-state index in [9.17, 15) is 0 Å². The highest BCUT2D eigenvalue weighted by Crippen LogP contribution is 2.26. The Morgan fingerprint density at radius 1 is 0.357 bits per heavy atom. The first-order valence-corrected chi connectivity index (χ1v) is 15.1. The number of hydrogen-bond acceptors (Lipinski definition) is 2. The van der Waals surface area contributed by atoms with Crippen LogP contribution in [0.4, 0.5) is 11.4 Å². The van der Waals surface area contributed by atoms with E-state index in [4.69, 9.17) is 0 Å². The molecule has 0 unspecified atom stereocenters. The van der Waals surface area contributed by atoms with Crippen molar-refractivity contribution in [1.29, 1.82) is 0 Å². The van der Waals surface area contributed by atoms with Crippen molar-refractivity contribution in [1.82, 2.24) is 0 Å². The molecule has 0 bridgehead atoms. The Hall–Kier alpha value is -4.82. The molecule has 5 aromatic carbocycles. The van der Waals surface area contributed by atoms with E-state index in [0.717, 1.165) is 39.0 Å². The monoisotopic (exact) mass is 544 g/mol. The largest absolute Gasteiger partial charge is 0.367 e. The van der Waals surface area contributed by atoms with Crippen LogP contribution in [-0.2, 0) is 25.9 Å². The highest BCUT2D eigenvalue weighted by atomic mass is 15.1. The summed E-state index contributed by atoms with van der Waals surface area (Å²) < 4.78 is 0. The van der Waals surface area contributed by atoms with Crippen LogP contribution in [0.5, 0.6) is 0 Å². The van der Waals surface area contributed by atoms with Crippen LogP contribution in [0.25, 0.3) is 24.3 Å². The van der Waals surface area contributed by atoms with Gasteiger partial charge in [-0.15, -0.1) is 0 Å². The molecule has 42 heavy (non-hydrogen) atoms. The van der Waals surface area contributed by atoms with Gasteiger partial charge in [0, 0.05) is 37.6 Å². The second-order valence-electron chi connectivity index (χ2n) is 11.4. The Labute approximate surface area is 249 Å². The standard InChI is InChI=1S/C40H36N2/c1-3-7-37-29-41(27-25-35(37)5-1)39-21-17-33(18-22-39)15-13-31-9-11-32(12-10-31)14-16-34-19-23-40(24-20-34)42-28-26-36-6-2-4-8-38(36)30-42/h1-24H,25-30H2. The van der Waals surface area contributed by atoms with Crippen LogP contribution in [0, 0.1) is 0 Å². The summed E-state index contributed by atoms with van der Waals surface area (Å²) in [5.74, 6) is 0. The summed E-state index contributed by atoms with van der Waals surface area (Å²) in [4.78, 5) is 4.95. The third-order valence-corrected chi connectivity index (χ3v) is 8.65. The first kappa shape index (κ1) is 26.1. The van der Waals surface area contributed by atoms with E-state index in [1.807, 2.05) is 0 Å². The Morgan fingerprint density at radius 2 is 0.667 bits per heavy atom. The van der Waals surface area contributed by atoms with Crippen molar-refractivity contribution in [3.05, 3.63) is 166 Å². The number of nitrogens with zero attached hydrogens (tertiary/aromatic N) is 2. The summed E-state index contributed by atoms with van der Waals surface area (Å²) in [6.45, 7) is 4.13. The fraction of sp³-hybridized carbons (Fsp3) is 0.150. The minimum atomic E-state index is 0.992. The fourth-order valence-corrected chi connectivity index (χ4v) is 6.13. The van der Waals surface area contributed by atoms with Gasteiger partial charge < -0.3 is 9.80 Å². The molecule has 0 radical (unpaired) electrons. The van der Waals surface area contributed by atoms with Crippen LogP contribution in [0.1, 0.15) is 44.5 Å². The Bertz CT molecular complexity index is 1580. The number of hydrogen-bond donors (Lipinski definition) is 0. The summed E-state index contributed by atoms with van der Waals surface area (Å²) in [6.07, 6.45) is 11.0. The van der Waals surface area contributed by atoms with Gasteiger partial charge in [-0.1, -0.05) is 121 Å². The molecule has 0 N–H and O–H groups in total. The molecule has 0 saturated heterocycles. The van der Waals surface area contributed by atoms with Crippen LogP contribution < -0.4 is 9.80 Å². The average molecular weight is 545 g/mol. The third-order valence-electron chi connectivity index (χ3n) is 8.65. The number of benzene rings is 5. The zero-order valence-electron chi connectivity index (χ0n) is 24.0. The van der Waals surface area contributed by atoms with Gasteiger partial charge in [0.05, 0.1) is 0 Å². The molecule has 0 fully saturated rings. The lowest BCUT2D eigenvalue weighted by Gasteiger charge is -2.30. The van der Waals surface area contributed by atoms with Crippen LogP contribution in [0.3, 0.4) is 0 Å². The first-order chi connectivity index (χ1) is 20.8. The Morgan fingerprint density at radius 3 is 1.02 bits per heavy atom. The number of anilines is 2. The summed E-state index contributed by atoms with van der Waals surface area (Å²) in [5.41, 5.74) is 13.3. The molecular weight excluding hydrogens is 508 g/mol. The van der Waals surface area contributed by atoms with Gasteiger partial charge in [0.2, 0.25) is 0 Å². The van der Waals surface area contributed by atoms with Gasteiger partial charge in [0.25, 0.3) is 0 Å². The molecule has 2 aliphatic heterocycles. The predicted octanol–water partition coefficient (Wildman–Crippen LogP) is 9.15. The molecule has 0 amide bonds. The molecule has 0 saturated carbocycles. The maximum Gasteiger partial charge on any atom is 0.0432 e. The maximum absolute atomic E-state index is 2.48. The molecule has 7 rings (SSSR count). The SMILES string of the molecule is C(=Cc1ccc(N2CCc3ccccc3C2)cc1)c1ccc(C=Cc2ccc(N3CCc4ccccc4C3)cc2)cc1. The highest BCUT2D eigenvalue weighted by Gasteiger charge is 2.17. The van der Waals surface area contributed by atoms with Crippen molar-refractivity contribution in [2.45, 2.75) is 25.9 Å². The minimum Gasteiger partial charge on any atom is -0.367 e. The van der Waals surface area contributed by atoms with Gasteiger partial charge >= 0.3 is 0 Å². The smallest absolute Gasteiger partial charge is 0.0432 e. The second-order valence-corrected chi connectivity index (χ2v) is 11.4. The van der Waals surface area contributed by atoms with Gasteiger partial charge in [-0.25, -0.2) is 0 Å². The molecule has 2 heteroatoms. The van der Waals surface area contributed by atoms with Crippen molar-refractivity contribution in [3.8, 4) is 0 Å². The van der Waals surface area contributed by atoms with Gasteiger partial charge in [0.15, 0.2) is 0 Å². The zero-order valence-corrected chi connectivity index (χ0v) is 24.0. The van der Waals surface area contributed by atoms with Gasteiger partial charge in [-0.3, -0.25) is 0 Å². The molecule has 5 aromatic rings. The van der Waals surface area contributed by atoms with E-state index in [1.54, 1.807) is 0 Å². The molecule has 0 aromatic heterocycles. The molecule has 0 atom stereocenters. The van der Waals surface area contributed by atoms with E-state index in [1.165, 1.54) is 55.9 Å². The average Bonchev–Trinajstić information content (AvgIpc) is 3.07. The third kappa shape index (κ3) is 5.94. The highest BCUT2D eigenvalue weighted by molar-refractivity contribution is 5.74. The van der Waals surface area contributed by atoms with Crippen LogP contribution >= 0.6 is 0 Å². The lowest BCUT2D eigenvalue weighted by molar-refractivity contribution is 0.732. The normalized spacial score (nSPS) is 14.8. The van der Waals surface area contributed by atoms with Gasteiger partial charge in [-0.2, -0.15) is 0 Å². The van der Waals surface area contributed by atoms with Crippen molar-refractivity contribution in [3.63, 3.8) is 0 Å². The van der Waals surface area contributed by atoms with Crippen molar-refractivity contribution < 1.29 is 0 Å². The first-order valence-electron chi connectivity index (χ1n) is 15.1. The molecule has 2 heterocycles. The fourth-order valence-electron chi connectivity index (χ4n) is 6.13. The van der Waals surface area contributed by atoms with Crippen LogP contribution in [0.2, 0.25) is 0 Å². The van der Waals surface area contributed by atoms with Crippen LogP contribution in [-0.4, -0.2) is 13.1 Å². The van der Waals surface area contributed by atoms with E-state index < -0.39 is 0 Å². The maximum atomic E-state index is 2.48. The second kappa shape index (κ2) is 12.0. The molecule has 206 valence electrons. The van der Waals surface area contributed by atoms with E-state index in [2.05, 4.69) is 155 Å². The summed E-state index contributed by atoms with van der Waals surface area (Å²) >= 11 is 0.